The van der Waals surface area contributed by atoms with Crippen molar-refractivity contribution in [3.63, 3.8) is 0 Å². The van der Waals surface area contributed by atoms with Crippen LogP contribution in [0, 0.1) is 0 Å². The van der Waals surface area contributed by atoms with Crippen molar-refractivity contribution >= 4 is 24.3 Å². The van der Waals surface area contributed by atoms with Gasteiger partial charge in [-0.25, -0.2) is 4.79 Å². The van der Waals surface area contributed by atoms with Crippen LogP contribution in [0.25, 0.3) is 0 Å². The van der Waals surface area contributed by atoms with E-state index in [2.05, 4.69) is 9.47 Å². The van der Waals surface area contributed by atoms with Gasteiger partial charge in [0.15, 0.2) is 0 Å². The molecule has 6 heteroatoms. The lowest BCUT2D eigenvalue weighted by Gasteiger charge is -2.12. The van der Waals surface area contributed by atoms with Crippen LogP contribution in [-0.2, 0) is 14.3 Å². The maximum absolute atomic E-state index is 11.4. The Morgan fingerprint density at radius 1 is 1.18 bits per heavy atom. The second kappa shape index (κ2) is 6.88. The molecule has 1 aromatic rings. The van der Waals surface area contributed by atoms with E-state index < -0.39 is 18.0 Å². The Kier molecular flexibility index (Phi) is 6.23. The van der Waals surface area contributed by atoms with Gasteiger partial charge in [0.25, 0.3) is 0 Å². The fourth-order valence-corrected chi connectivity index (χ4v) is 1.32. The summed E-state index contributed by atoms with van der Waals surface area (Å²) in [6.45, 7) is 0. The van der Waals surface area contributed by atoms with E-state index in [-0.39, 0.29) is 18.0 Å². The van der Waals surface area contributed by atoms with E-state index >= 15 is 0 Å². The third-order valence-electron chi connectivity index (χ3n) is 2.16. The molecular weight excluding hydrogens is 246 g/mol. The summed E-state index contributed by atoms with van der Waals surface area (Å²) in [5.41, 5.74) is 6.32. The average Bonchev–Trinajstić information content (AvgIpc) is 2.35. The second-order valence-corrected chi connectivity index (χ2v) is 3.08. The van der Waals surface area contributed by atoms with Gasteiger partial charge in [-0.05, 0) is 11.6 Å². The Hall–Kier alpha value is -1.59. The highest BCUT2D eigenvalue weighted by atomic mass is 35.5. The standard InChI is InChI=1S/C11H13NO4.ClH/c1-15-10(13)8-6-4-3-5-7(8)9(12)11(14)16-2;/h3-6,9H,12H2,1-2H3;1H/t9-;/m0./s1. The molecule has 0 aliphatic rings. The Morgan fingerprint density at radius 2 is 1.76 bits per heavy atom. The van der Waals surface area contributed by atoms with Crippen molar-refractivity contribution in [2.45, 2.75) is 6.04 Å². The van der Waals surface area contributed by atoms with Gasteiger partial charge in [-0.2, -0.15) is 0 Å². The van der Waals surface area contributed by atoms with Gasteiger partial charge in [-0.1, -0.05) is 18.2 Å². The molecule has 0 spiro atoms. The first kappa shape index (κ1) is 15.4. The first-order chi connectivity index (χ1) is 7.61. The maximum Gasteiger partial charge on any atom is 0.338 e. The van der Waals surface area contributed by atoms with Crippen LogP contribution in [0.15, 0.2) is 24.3 Å². The molecule has 0 radical (unpaired) electrons. The van der Waals surface area contributed by atoms with Crippen molar-refractivity contribution in [1.29, 1.82) is 0 Å². The summed E-state index contributed by atoms with van der Waals surface area (Å²) in [5, 5.41) is 0. The van der Waals surface area contributed by atoms with Gasteiger partial charge in [0.1, 0.15) is 6.04 Å². The lowest BCUT2D eigenvalue weighted by Crippen LogP contribution is -2.25. The topological polar surface area (TPSA) is 78.6 Å². The summed E-state index contributed by atoms with van der Waals surface area (Å²) in [6, 6.07) is 5.50. The Labute approximate surface area is 105 Å². The summed E-state index contributed by atoms with van der Waals surface area (Å²) in [6.07, 6.45) is 0. The molecule has 1 aromatic carbocycles. The summed E-state index contributed by atoms with van der Waals surface area (Å²) in [4.78, 5) is 22.7. The minimum atomic E-state index is -0.986. The van der Waals surface area contributed by atoms with Gasteiger partial charge >= 0.3 is 11.9 Å². The molecule has 0 bridgehead atoms. The Morgan fingerprint density at radius 3 is 2.29 bits per heavy atom. The number of esters is 2. The van der Waals surface area contributed by atoms with Crippen molar-refractivity contribution in [2.24, 2.45) is 5.73 Å². The predicted octanol–water partition coefficient (Wildman–Crippen LogP) is 1.07. The number of halogens is 1. The van der Waals surface area contributed by atoms with Crippen molar-refractivity contribution in [3.8, 4) is 0 Å². The number of carbonyl (C=O) groups excluding carboxylic acids is 2. The number of nitrogens with two attached hydrogens (primary N) is 1. The number of ether oxygens (including phenoxy) is 2. The molecule has 1 rings (SSSR count). The quantitative estimate of drug-likeness (QED) is 0.822. The molecule has 0 unspecified atom stereocenters. The molecule has 0 heterocycles. The van der Waals surface area contributed by atoms with E-state index in [4.69, 9.17) is 5.73 Å². The van der Waals surface area contributed by atoms with Gasteiger partial charge in [0, 0.05) is 0 Å². The van der Waals surface area contributed by atoms with Crippen LogP contribution in [0.4, 0.5) is 0 Å². The van der Waals surface area contributed by atoms with E-state index in [1.807, 2.05) is 0 Å². The van der Waals surface area contributed by atoms with Gasteiger partial charge in [-0.15, -0.1) is 12.4 Å². The lowest BCUT2D eigenvalue weighted by atomic mass is 10.0. The van der Waals surface area contributed by atoms with Crippen LogP contribution < -0.4 is 5.73 Å². The molecule has 0 amide bonds. The number of carbonyl (C=O) groups is 2. The van der Waals surface area contributed by atoms with Crippen LogP contribution in [0.1, 0.15) is 22.0 Å². The highest BCUT2D eigenvalue weighted by molar-refractivity contribution is 5.93. The van der Waals surface area contributed by atoms with Crippen LogP contribution in [0.5, 0.6) is 0 Å². The fraction of sp³-hybridized carbons (Fsp3) is 0.273. The minimum Gasteiger partial charge on any atom is -0.468 e. The zero-order valence-corrected chi connectivity index (χ0v) is 10.3. The normalized spacial score (nSPS) is 11.0. The molecule has 2 N–H and O–H groups in total. The molecule has 0 saturated carbocycles. The Balaban J connectivity index is 0.00000256. The van der Waals surface area contributed by atoms with E-state index in [0.717, 1.165) is 0 Å². The van der Waals surface area contributed by atoms with Crippen LogP contribution in [-0.4, -0.2) is 26.2 Å². The first-order valence-electron chi connectivity index (χ1n) is 4.62. The molecular formula is C11H14ClNO4. The number of rotatable bonds is 3. The zero-order valence-electron chi connectivity index (χ0n) is 9.51. The number of benzene rings is 1. The highest BCUT2D eigenvalue weighted by Crippen LogP contribution is 2.17. The van der Waals surface area contributed by atoms with Crippen LogP contribution in [0.3, 0.4) is 0 Å². The third-order valence-corrected chi connectivity index (χ3v) is 2.16. The number of hydrogen-bond donors (Lipinski definition) is 1. The van der Waals surface area contributed by atoms with Gasteiger partial charge in [0.2, 0.25) is 0 Å². The van der Waals surface area contributed by atoms with Crippen molar-refractivity contribution in [3.05, 3.63) is 35.4 Å². The van der Waals surface area contributed by atoms with Crippen molar-refractivity contribution < 1.29 is 19.1 Å². The summed E-state index contributed by atoms with van der Waals surface area (Å²) >= 11 is 0. The molecule has 0 saturated heterocycles. The molecule has 0 aliphatic carbocycles. The molecule has 1 atom stereocenters. The number of hydrogen-bond acceptors (Lipinski definition) is 5. The van der Waals surface area contributed by atoms with Crippen molar-refractivity contribution in [2.75, 3.05) is 14.2 Å². The van der Waals surface area contributed by atoms with Crippen molar-refractivity contribution in [1.82, 2.24) is 0 Å². The third kappa shape index (κ3) is 3.44. The predicted molar refractivity (Wildman–Crippen MR) is 64.0 cm³/mol. The molecule has 94 valence electrons. The molecule has 0 aliphatic heterocycles. The zero-order chi connectivity index (χ0) is 12.1. The van der Waals surface area contributed by atoms with E-state index in [9.17, 15) is 9.59 Å². The Bertz CT molecular complexity index is 408. The minimum absolute atomic E-state index is 0. The molecule has 0 fully saturated rings. The second-order valence-electron chi connectivity index (χ2n) is 3.08. The van der Waals surface area contributed by atoms with Crippen LogP contribution in [0.2, 0.25) is 0 Å². The van der Waals surface area contributed by atoms with Gasteiger partial charge in [0.05, 0.1) is 19.8 Å². The summed E-state index contributed by atoms with van der Waals surface area (Å²) in [5.74, 6) is -1.13. The lowest BCUT2D eigenvalue weighted by molar-refractivity contribution is -0.142. The molecule has 0 aromatic heterocycles. The van der Waals surface area contributed by atoms with Crippen LogP contribution >= 0.6 is 12.4 Å². The largest absolute Gasteiger partial charge is 0.468 e. The SMILES string of the molecule is COC(=O)c1ccccc1[C@H](N)C(=O)OC.Cl. The maximum atomic E-state index is 11.4. The van der Waals surface area contributed by atoms with E-state index in [0.29, 0.717) is 5.56 Å². The summed E-state index contributed by atoms with van der Waals surface area (Å²) in [7, 11) is 2.51. The average molecular weight is 260 g/mol. The molecule has 17 heavy (non-hydrogen) atoms. The monoisotopic (exact) mass is 259 g/mol. The van der Waals surface area contributed by atoms with E-state index in [1.54, 1.807) is 24.3 Å². The fourth-order valence-electron chi connectivity index (χ4n) is 1.32. The van der Waals surface area contributed by atoms with E-state index in [1.165, 1.54) is 14.2 Å². The van der Waals surface area contributed by atoms with Gasteiger partial charge in [-0.3, -0.25) is 4.79 Å². The van der Waals surface area contributed by atoms with Gasteiger partial charge < -0.3 is 15.2 Å². The summed E-state index contributed by atoms with van der Waals surface area (Å²) < 4.78 is 9.11. The number of methoxy groups -OCH3 is 2. The molecule has 5 nitrogen and oxygen atoms in total. The first-order valence-corrected chi connectivity index (χ1v) is 4.62. The highest BCUT2D eigenvalue weighted by Gasteiger charge is 2.22. The smallest absolute Gasteiger partial charge is 0.338 e.